The summed E-state index contributed by atoms with van der Waals surface area (Å²) >= 11 is 0. The van der Waals surface area contributed by atoms with Gasteiger partial charge in [0.25, 0.3) is 5.56 Å². The van der Waals surface area contributed by atoms with Crippen molar-refractivity contribution in [3.05, 3.63) is 46.1 Å². The molecule has 148 valence electrons. The zero-order chi connectivity index (χ0) is 20.1. The SMILES string of the molecule is CC(C)(C)OC(=O)N1CCC(c2cc(=O)[nH]c3c4ccc(F)cc4nn23)CC1. The number of halogens is 1. The fourth-order valence-electron chi connectivity index (χ4n) is 3.69. The minimum atomic E-state index is -0.530. The number of piperidine rings is 1. The molecule has 1 aliphatic heterocycles. The lowest BCUT2D eigenvalue weighted by molar-refractivity contribution is 0.0203. The smallest absolute Gasteiger partial charge is 0.410 e. The predicted molar refractivity (Wildman–Crippen MR) is 103 cm³/mol. The van der Waals surface area contributed by atoms with Gasteiger partial charge in [-0.25, -0.2) is 13.7 Å². The molecule has 3 aromatic rings. The summed E-state index contributed by atoms with van der Waals surface area (Å²) in [6, 6.07) is 5.88. The zero-order valence-electron chi connectivity index (χ0n) is 16.2. The third-order valence-corrected chi connectivity index (χ3v) is 4.96. The zero-order valence-corrected chi connectivity index (χ0v) is 16.2. The fourth-order valence-corrected chi connectivity index (χ4v) is 3.69. The normalized spacial score (nSPS) is 16.1. The summed E-state index contributed by atoms with van der Waals surface area (Å²) in [6.07, 6.45) is 1.08. The van der Waals surface area contributed by atoms with Crippen molar-refractivity contribution in [3.63, 3.8) is 0 Å². The Kier molecular flexibility index (Phi) is 4.36. The van der Waals surface area contributed by atoms with E-state index in [0.29, 0.717) is 42.5 Å². The first kappa shape index (κ1) is 18.5. The van der Waals surface area contributed by atoms with Crippen molar-refractivity contribution in [2.45, 2.75) is 45.1 Å². The Morgan fingerprint density at radius 2 is 1.96 bits per heavy atom. The van der Waals surface area contributed by atoms with Crippen LogP contribution in [0, 0.1) is 5.82 Å². The highest BCUT2D eigenvalue weighted by atomic mass is 19.1. The van der Waals surface area contributed by atoms with Crippen molar-refractivity contribution < 1.29 is 13.9 Å². The van der Waals surface area contributed by atoms with Gasteiger partial charge in [-0.3, -0.25) is 4.79 Å². The summed E-state index contributed by atoms with van der Waals surface area (Å²) in [7, 11) is 0. The van der Waals surface area contributed by atoms with Gasteiger partial charge in [0, 0.05) is 36.5 Å². The van der Waals surface area contributed by atoms with Gasteiger partial charge in [-0.05, 0) is 45.7 Å². The number of aromatic amines is 1. The molecule has 0 atom stereocenters. The lowest BCUT2D eigenvalue weighted by Crippen LogP contribution is -2.41. The van der Waals surface area contributed by atoms with E-state index in [2.05, 4.69) is 10.1 Å². The van der Waals surface area contributed by atoms with Crippen LogP contribution in [-0.2, 0) is 4.74 Å². The maximum atomic E-state index is 13.6. The van der Waals surface area contributed by atoms with E-state index in [1.54, 1.807) is 21.5 Å². The Hall–Kier alpha value is -2.90. The van der Waals surface area contributed by atoms with Gasteiger partial charge in [0.15, 0.2) is 0 Å². The van der Waals surface area contributed by atoms with Crippen LogP contribution in [0.25, 0.3) is 16.6 Å². The standard InChI is InChI=1S/C20H23FN4O3/c1-20(2,3)28-19(27)24-8-6-12(7-9-24)16-11-17(26)22-18-14-5-4-13(21)10-15(14)23-25(16)18/h4-5,10-12H,6-9H2,1-3H3,(H,22,26). The summed E-state index contributed by atoms with van der Waals surface area (Å²) in [6.45, 7) is 6.62. The number of hydrogen-bond acceptors (Lipinski definition) is 4. The summed E-state index contributed by atoms with van der Waals surface area (Å²) in [5.41, 5.74) is 1.08. The largest absolute Gasteiger partial charge is 0.444 e. The molecule has 3 heterocycles. The number of fused-ring (bicyclic) bond motifs is 3. The highest BCUT2D eigenvalue weighted by Gasteiger charge is 2.29. The highest BCUT2D eigenvalue weighted by molar-refractivity contribution is 5.92. The van der Waals surface area contributed by atoms with E-state index in [1.807, 2.05) is 20.8 Å². The Morgan fingerprint density at radius 3 is 2.64 bits per heavy atom. The van der Waals surface area contributed by atoms with E-state index in [-0.39, 0.29) is 23.4 Å². The van der Waals surface area contributed by atoms with Gasteiger partial charge < -0.3 is 14.6 Å². The van der Waals surface area contributed by atoms with Crippen molar-refractivity contribution >= 4 is 22.6 Å². The molecule has 8 heteroatoms. The topological polar surface area (TPSA) is 79.7 Å². The van der Waals surface area contributed by atoms with Crippen LogP contribution in [-0.4, -0.2) is 44.3 Å². The number of amides is 1. The number of carbonyl (C=O) groups is 1. The van der Waals surface area contributed by atoms with Gasteiger partial charge in [0.1, 0.15) is 17.1 Å². The number of nitrogens with zero attached hydrogens (tertiary/aromatic N) is 3. The molecular weight excluding hydrogens is 363 g/mol. The Labute approximate surface area is 161 Å². The first-order chi connectivity index (χ1) is 13.2. The van der Waals surface area contributed by atoms with Crippen LogP contribution in [0.4, 0.5) is 9.18 Å². The van der Waals surface area contributed by atoms with Crippen molar-refractivity contribution in [1.82, 2.24) is 19.5 Å². The quantitative estimate of drug-likeness (QED) is 0.695. The van der Waals surface area contributed by atoms with Gasteiger partial charge in [0.05, 0.1) is 11.2 Å². The predicted octanol–water partition coefficient (Wildman–Crippen LogP) is 3.43. The summed E-state index contributed by atoms with van der Waals surface area (Å²) < 4.78 is 20.7. The van der Waals surface area contributed by atoms with Gasteiger partial charge >= 0.3 is 6.09 Å². The average Bonchev–Trinajstić information content (AvgIpc) is 2.97. The Morgan fingerprint density at radius 1 is 1.25 bits per heavy atom. The third kappa shape index (κ3) is 3.46. The van der Waals surface area contributed by atoms with Crippen molar-refractivity contribution in [1.29, 1.82) is 0 Å². The van der Waals surface area contributed by atoms with Crippen LogP contribution in [0.2, 0.25) is 0 Å². The lowest BCUT2D eigenvalue weighted by atomic mass is 9.93. The van der Waals surface area contributed by atoms with Crippen LogP contribution in [0.3, 0.4) is 0 Å². The molecule has 1 aliphatic rings. The minimum Gasteiger partial charge on any atom is -0.444 e. The number of aromatic nitrogens is 3. The fraction of sp³-hybridized carbons (Fsp3) is 0.450. The molecule has 0 spiro atoms. The maximum absolute atomic E-state index is 13.6. The number of H-pyrrole nitrogens is 1. The second kappa shape index (κ2) is 6.61. The number of ether oxygens (including phenoxy) is 1. The first-order valence-corrected chi connectivity index (χ1v) is 9.40. The maximum Gasteiger partial charge on any atom is 0.410 e. The van der Waals surface area contributed by atoms with Crippen LogP contribution >= 0.6 is 0 Å². The van der Waals surface area contributed by atoms with Crippen LogP contribution in [0.15, 0.2) is 29.1 Å². The molecule has 1 saturated heterocycles. The third-order valence-electron chi connectivity index (χ3n) is 4.96. The second-order valence-corrected chi connectivity index (χ2v) is 8.22. The van der Waals surface area contributed by atoms with E-state index in [1.165, 1.54) is 12.1 Å². The number of hydrogen-bond donors (Lipinski definition) is 1. The molecule has 0 aliphatic carbocycles. The molecule has 1 amide bonds. The van der Waals surface area contributed by atoms with Crippen LogP contribution in [0.5, 0.6) is 0 Å². The molecule has 1 aromatic carbocycles. The molecule has 0 bridgehead atoms. The average molecular weight is 386 g/mol. The number of likely N-dealkylation sites (tertiary alicyclic amines) is 1. The Bertz CT molecular complexity index is 1100. The molecule has 0 radical (unpaired) electrons. The highest BCUT2D eigenvalue weighted by Crippen LogP contribution is 2.29. The molecule has 28 heavy (non-hydrogen) atoms. The summed E-state index contributed by atoms with van der Waals surface area (Å²) in [4.78, 5) is 29.0. The number of benzene rings is 1. The van der Waals surface area contributed by atoms with Gasteiger partial charge in [-0.1, -0.05) is 0 Å². The molecule has 1 N–H and O–H groups in total. The summed E-state index contributed by atoms with van der Waals surface area (Å²) in [5.74, 6) is -0.298. The van der Waals surface area contributed by atoms with Gasteiger partial charge in [0.2, 0.25) is 0 Å². The first-order valence-electron chi connectivity index (χ1n) is 9.40. The molecule has 0 unspecified atom stereocenters. The van der Waals surface area contributed by atoms with E-state index < -0.39 is 5.60 Å². The Balaban J connectivity index is 1.63. The van der Waals surface area contributed by atoms with E-state index in [9.17, 15) is 14.0 Å². The van der Waals surface area contributed by atoms with Crippen molar-refractivity contribution in [2.75, 3.05) is 13.1 Å². The molecule has 4 rings (SSSR count). The van der Waals surface area contributed by atoms with E-state index in [4.69, 9.17) is 4.74 Å². The molecular formula is C20H23FN4O3. The van der Waals surface area contributed by atoms with E-state index in [0.717, 1.165) is 5.69 Å². The lowest BCUT2D eigenvalue weighted by Gasteiger charge is -2.33. The molecule has 7 nitrogen and oxygen atoms in total. The van der Waals surface area contributed by atoms with Crippen molar-refractivity contribution in [3.8, 4) is 0 Å². The van der Waals surface area contributed by atoms with Crippen molar-refractivity contribution in [2.24, 2.45) is 0 Å². The number of carbonyl (C=O) groups excluding carboxylic acids is 1. The monoisotopic (exact) mass is 386 g/mol. The van der Waals surface area contributed by atoms with Gasteiger partial charge in [-0.2, -0.15) is 5.10 Å². The summed E-state index contributed by atoms with van der Waals surface area (Å²) in [5, 5.41) is 5.20. The minimum absolute atomic E-state index is 0.0719. The van der Waals surface area contributed by atoms with Gasteiger partial charge in [-0.15, -0.1) is 0 Å². The number of rotatable bonds is 1. The number of nitrogens with one attached hydrogen (secondary N) is 1. The molecule has 2 aromatic heterocycles. The molecule has 1 fully saturated rings. The van der Waals surface area contributed by atoms with E-state index >= 15 is 0 Å². The molecule has 0 saturated carbocycles. The second-order valence-electron chi connectivity index (χ2n) is 8.22. The van der Waals surface area contributed by atoms with Crippen LogP contribution < -0.4 is 5.56 Å². The van der Waals surface area contributed by atoms with Crippen LogP contribution in [0.1, 0.15) is 45.2 Å².